The van der Waals surface area contributed by atoms with Gasteiger partial charge in [0, 0.05) is 0 Å². The van der Waals surface area contributed by atoms with Crippen LogP contribution in [0.15, 0.2) is 18.2 Å². The van der Waals surface area contributed by atoms with Crippen LogP contribution in [0.25, 0.3) is 0 Å². The smallest absolute Gasteiger partial charge is 0.0816 e. The molecule has 0 radical (unpaired) electrons. The molecule has 1 unspecified atom stereocenters. The SMILES string of the molecule is CC(C#N)(CO)Cc1ccc(Cl)c(Cl)c1. The van der Waals surface area contributed by atoms with Gasteiger partial charge in [0.25, 0.3) is 0 Å². The van der Waals surface area contributed by atoms with E-state index in [4.69, 9.17) is 33.6 Å². The van der Waals surface area contributed by atoms with Crippen molar-refractivity contribution in [1.29, 1.82) is 5.26 Å². The Morgan fingerprint density at radius 3 is 2.53 bits per heavy atom. The number of hydrogen-bond donors (Lipinski definition) is 1. The maximum absolute atomic E-state index is 9.09. The van der Waals surface area contributed by atoms with Crippen molar-refractivity contribution >= 4 is 23.2 Å². The zero-order chi connectivity index (χ0) is 11.5. The third kappa shape index (κ3) is 3.10. The average molecular weight is 244 g/mol. The summed E-state index contributed by atoms with van der Waals surface area (Å²) in [4.78, 5) is 0. The van der Waals surface area contributed by atoms with Crippen LogP contribution in [0.3, 0.4) is 0 Å². The first-order valence-electron chi connectivity index (χ1n) is 4.47. The Labute approximate surface area is 99.0 Å². The predicted molar refractivity (Wildman–Crippen MR) is 61.0 cm³/mol. The monoisotopic (exact) mass is 243 g/mol. The Kier molecular flexibility index (Phi) is 3.98. The van der Waals surface area contributed by atoms with Gasteiger partial charge in [0.15, 0.2) is 0 Å². The highest BCUT2D eigenvalue weighted by Gasteiger charge is 2.23. The van der Waals surface area contributed by atoms with Crippen LogP contribution in [0.4, 0.5) is 0 Å². The summed E-state index contributed by atoms with van der Waals surface area (Å²) >= 11 is 11.6. The van der Waals surface area contributed by atoms with Gasteiger partial charge >= 0.3 is 0 Å². The molecule has 0 saturated carbocycles. The second kappa shape index (κ2) is 4.85. The fourth-order valence-corrected chi connectivity index (χ4v) is 1.55. The van der Waals surface area contributed by atoms with Crippen molar-refractivity contribution in [3.63, 3.8) is 0 Å². The molecule has 1 N–H and O–H groups in total. The Balaban J connectivity index is 2.91. The van der Waals surface area contributed by atoms with E-state index in [9.17, 15) is 0 Å². The van der Waals surface area contributed by atoms with Gasteiger partial charge in [-0.1, -0.05) is 29.3 Å². The van der Waals surface area contributed by atoms with E-state index in [0.717, 1.165) is 5.56 Å². The molecule has 0 fully saturated rings. The first kappa shape index (κ1) is 12.3. The largest absolute Gasteiger partial charge is 0.395 e. The second-order valence-electron chi connectivity index (χ2n) is 3.76. The Bertz CT molecular complexity index is 400. The number of aliphatic hydroxyl groups is 1. The molecule has 0 bridgehead atoms. The molecule has 0 heterocycles. The number of aliphatic hydroxyl groups excluding tert-OH is 1. The summed E-state index contributed by atoms with van der Waals surface area (Å²) in [5.74, 6) is 0. The third-order valence-electron chi connectivity index (χ3n) is 2.20. The van der Waals surface area contributed by atoms with Gasteiger partial charge < -0.3 is 5.11 Å². The summed E-state index contributed by atoms with van der Waals surface area (Å²) in [6.07, 6.45) is 0.455. The third-order valence-corrected chi connectivity index (χ3v) is 2.94. The van der Waals surface area contributed by atoms with E-state index in [0.29, 0.717) is 16.5 Å². The summed E-state index contributed by atoms with van der Waals surface area (Å²) in [6.45, 7) is 1.53. The summed E-state index contributed by atoms with van der Waals surface area (Å²) in [7, 11) is 0. The summed E-state index contributed by atoms with van der Waals surface area (Å²) in [5, 5.41) is 18.9. The van der Waals surface area contributed by atoms with Crippen molar-refractivity contribution in [3.8, 4) is 6.07 Å². The molecular weight excluding hydrogens is 233 g/mol. The minimum Gasteiger partial charge on any atom is -0.395 e. The molecular formula is C11H11Cl2NO. The number of rotatable bonds is 3. The molecule has 1 rings (SSSR count). The van der Waals surface area contributed by atoms with Gasteiger partial charge in [-0.05, 0) is 31.0 Å². The molecule has 0 aliphatic carbocycles. The van der Waals surface area contributed by atoms with Gasteiger partial charge in [0.1, 0.15) is 0 Å². The molecule has 0 spiro atoms. The maximum atomic E-state index is 9.09. The minimum absolute atomic E-state index is 0.177. The fraction of sp³-hybridized carbons (Fsp3) is 0.364. The molecule has 15 heavy (non-hydrogen) atoms. The summed E-state index contributed by atoms with van der Waals surface area (Å²) in [6, 6.07) is 7.30. The molecule has 1 atom stereocenters. The molecule has 4 heteroatoms. The van der Waals surface area contributed by atoms with E-state index in [-0.39, 0.29) is 6.61 Å². The number of hydrogen-bond acceptors (Lipinski definition) is 2. The Morgan fingerprint density at radius 1 is 1.40 bits per heavy atom. The lowest BCUT2D eigenvalue weighted by atomic mass is 9.86. The lowest BCUT2D eigenvalue weighted by molar-refractivity contribution is 0.190. The molecule has 80 valence electrons. The molecule has 0 aromatic heterocycles. The van der Waals surface area contributed by atoms with Crippen LogP contribution < -0.4 is 0 Å². The zero-order valence-electron chi connectivity index (χ0n) is 8.30. The predicted octanol–water partition coefficient (Wildman–Crippen LogP) is 3.06. The van der Waals surface area contributed by atoms with Crippen LogP contribution in [0, 0.1) is 16.7 Å². The highest BCUT2D eigenvalue weighted by atomic mass is 35.5. The summed E-state index contributed by atoms with van der Waals surface area (Å²) in [5.41, 5.74) is 0.124. The first-order valence-corrected chi connectivity index (χ1v) is 5.22. The second-order valence-corrected chi connectivity index (χ2v) is 4.57. The lowest BCUT2D eigenvalue weighted by Gasteiger charge is -2.18. The number of nitrogens with zero attached hydrogens (tertiary/aromatic N) is 1. The number of halogens is 2. The van der Waals surface area contributed by atoms with E-state index in [1.54, 1.807) is 25.1 Å². The van der Waals surface area contributed by atoms with Gasteiger partial charge in [-0.3, -0.25) is 0 Å². The summed E-state index contributed by atoms with van der Waals surface area (Å²) < 4.78 is 0. The Morgan fingerprint density at radius 2 is 2.07 bits per heavy atom. The van der Waals surface area contributed by atoms with Crippen LogP contribution in [0.5, 0.6) is 0 Å². The van der Waals surface area contributed by atoms with Crippen molar-refractivity contribution in [2.24, 2.45) is 5.41 Å². The van der Waals surface area contributed by atoms with Crippen LogP contribution >= 0.6 is 23.2 Å². The molecule has 0 aliphatic rings. The molecule has 2 nitrogen and oxygen atoms in total. The van der Waals surface area contributed by atoms with Gasteiger partial charge in [-0.25, -0.2) is 0 Å². The normalized spacial score (nSPS) is 14.3. The highest BCUT2D eigenvalue weighted by molar-refractivity contribution is 6.42. The molecule has 0 aliphatic heterocycles. The van der Waals surface area contributed by atoms with Gasteiger partial charge in [0.2, 0.25) is 0 Å². The number of benzene rings is 1. The topological polar surface area (TPSA) is 44.0 Å². The van der Waals surface area contributed by atoms with Crippen molar-refractivity contribution in [3.05, 3.63) is 33.8 Å². The van der Waals surface area contributed by atoms with Crippen molar-refractivity contribution in [2.45, 2.75) is 13.3 Å². The zero-order valence-corrected chi connectivity index (χ0v) is 9.81. The highest BCUT2D eigenvalue weighted by Crippen LogP contribution is 2.27. The van der Waals surface area contributed by atoms with E-state index >= 15 is 0 Å². The average Bonchev–Trinajstić information content (AvgIpc) is 2.23. The van der Waals surface area contributed by atoms with Crippen LogP contribution in [-0.2, 0) is 6.42 Å². The molecule has 0 amide bonds. The van der Waals surface area contributed by atoms with E-state index in [2.05, 4.69) is 6.07 Å². The van der Waals surface area contributed by atoms with E-state index in [1.807, 2.05) is 0 Å². The fourth-order valence-electron chi connectivity index (χ4n) is 1.23. The van der Waals surface area contributed by atoms with Gasteiger partial charge in [0.05, 0.1) is 28.1 Å². The lowest BCUT2D eigenvalue weighted by Crippen LogP contribution is -2.21. The molecule has 1 aromatic carbocycles. The van der Waals surface area contributed by atoms with Gasteiger partial charge in [-0.15, -0.1) is 0 Å². The first-order chi connectivity index (χ1) is 7.00. The van der Waals surface area contributed by atoms with E-state index in [1.165, 1.54) is 0 Å². The van der Waals surface area contributed by atoms with Crippen LogP contribution in [0.2, 0.25) is 10.0 Å². The van der Waals surface area contributed by atoms with E-state index < -0.39 is 5.41 Å². The molecule has 0 saturated heterocycles. The number of nitriles is 1. The quantitative estimate of drug-likeness (QED) is 0.887. The van der Waals surface area contributed by atoms with Crippen molar-refractivity contribution in [1.82, 2.24) is 0 Å². The van der Waals surface area contributed by atoms with Crippen LogP contribution in [-0.4, -0.2) is 11.7 Å². The molecule has 1 aromatic rings. The van der Waals surface area contributed by atoms with Crippen molar-refractivity contribution in [2.75, 3.05) is 6.61 Å². The standard InChI is InChI=1S/C11H11Cl2NO/c1-11(6-14,7-15)5-8-2-3-9(12)10(13)4-8/h2-4,15H,5,7H2,1H3. The Hall–Kier alpha value is -0.750. The van der Waals surface area contributed by atoms with Gasteiger partial charge in [-0.2, -0.15) is 5.26 Å². The minimum atomic E-state index is -0.767. The van der Waals surface area contributed by atoms with Crippen molar-refractivity contribution < 1.29 is 5.11 Å². The maximum Gasteiger partial charge on any atom is 0.0816 e. The van der Waals surface area contributed by atoms with Crippen LogP contribution in [0.1, 0.15) is 12.5 Å².